The van der Waals surface area contributed by atoms with Gasteiger partial charge in [0.25, 0.3) is 11.5 Å². The second-order valence-electron chi connectivity index (χ2n) is 7.32. The number of hydrogen-bond donors (Lipinski definition) is 2. The van der Waals surface area contributed by atoms with Crippen LogP contribution in [0.1, 0.15) is 40.9 Å². The average Bonchev–Trinajstić information content (AvgIpc) is 3.35. The van der Waals surface area contributed by atoms with Crippen molar-refractivity contribution in [2.45, 2.75) is 39.2 Å². The van der Waals surface area contributed by atoms with Gasteiger partial charge in [0.15, 0.2) is 0 Å². The maximum absolute atomic E-state index is 14.4. The minimum Gasteiger partial charge on any atom is -0.352 e. The molecule has 0 saturated heterocycles. The van der Waals surface area contributed by atoms with Crippen molar-refractivity contribution in [3.8, 4) is 0 Å². The maximum atomic E-state index is 14.4. The Labute approximate surface area is 175 Å². The molecule has 1 amide bonds. The minimum absolute atomic E-state index is 0.156. The lowest BCUT2D eigenvalue weighted by Gasteiger charge is -2.19. The number of anilines is 2. The number of aromatic nitrogens is 1. The number of rotatable bonds is 6. The Kier molecular flexibility index (Phi) is 5.42. The molecule has 2 N–H and O–H groups in total. The summed E-state index contributed by atoms with van der Waals surface area (Å²) in [5.41, 5.74) is 4.31. The van der Waals surface area contributed by atoms with Gasteiger partial charge in [-0.2, -0.15) is 0 Å². The molecule has 0 atom stereocenters. The lowest BCUT2D eigenvalue weighted by molar-refractivity contribution is 0.0269. The minimum atomic E-state index is -0.441. The molecule has 1 aromatic heterocycles. The van der Waals surface area contributed by atoms with Gasteiger partial charge in [-0.25, -0.2) is 9.87 Å². The predicted octanol–water partition coefficient (Wildman–Crippen LogP) is 3.66. The zero-order valence-corrected chi connectivity index (χ0v) is 17.6. The van der Waals surface area contributed by atoms with Crippen molar-refractivity contribution in [2.75, 3.05) is 11.9 Å². The third-order valence-corrected chi connectivity index (χ3v) is 5.87. The fourth-order valence-electron chi connectivity index (χ4n) is 3.49. The molecular weight excluding hydrogens is 476 g/mol. The molecule has 1 aliphatic heterocycles. The van der Waals surface area contributed by atoms with Crippen molar-refractivity contribution in [2.24, 2.45) is 5.92 Å². The maximum Gasteiger partial charge on any atom is 0.278 e. The van der Waals surface area contributed by atoms with Gasteiger partial charge in [0, 0.05) is 21.4 Å². The number of nitrogens with one attached hydrogen (secondary N) is 2. The summed E-state index contributed by atoms with van der Waals surface area (Å²) in [6.07, 6.45) is 3.64. The Bertz CT molecular complexity index is 1000. The Hall–Kier alpha value is -1.94. The van der Waals surface area contributed by atoms with Gasteiger partial charge in [0.1, 0.15) is 5.82 Å². The Morgan fingerprint density at radius 3 is 2.89 bits per heavy atom. The van der Waals surface area contributed by atoms with Crippen LogP contribution in [0.3, 0.4) is 0 Å². The number of fused-ring (bicyclic) bond motifs is 1. The highest BCUT2D eigenvalue weighted by atomic mass is 127. The Balaban J connectivity index is 1.73. The molecular formula is C20H21FIN3O3. The lowest BCUT2D eigenvalue weighted by Crippen LogP contribution is -2.32. The van der Waals surface area contributed by atoms with Crippen molar-refractivity contribution < 1.29 is 14.0 Å². The summed E-state index contributed by atoms with van der Waals surface area (Å²) in [6, 6.07) is 4.77. The smallest absolute Gasteiger partial charge is 0.278 e. The summed E-state index contributed by atoms with van der Waals surface area (Å²) in [7, 11) is 0. The quantitative estimate of drug-likeness (QED) is 0.472. The zero-order chi connectivity index (χ0) is 19.8. The van der Waals surface area contributed by atoms with E-state index in [1.165, 1.54) is 6.07 Å². The highest BCUT2D eigenvalue weighted by Crippen LogP contribution is 2.31. The van der Waals surface area contributed by atoms with Gasteiger partial charge in [-0.05, 0) is 79.3 Å². The molecule has 0 unspecified atom stereocenters. The van der Waals surface area contributed by atoms with E-state index >= 15 is 0 Å². The molecule has 6 nitrogen and oxygen atoms in total. The van der Waals surface area contributed by atoms with Crippen LogP contribution in [-0.2, 0) is 17.8 Å². The molecule has 0 bridgehead atoms. The fraction of sp³-hybridized carbons (Fsp3) is 0.400. The number of carbonyl (C=O) groups excluding carboxylic acids is 1. The van der Waals surface area contributed by atoms with Gasteiger partial charge >= 0.3 is 0 Å². The van der Waals surface area contributed by atoms with Crippen molar-refractivity contribution >= 4 is 39.9 Å². The molecule has 1 aliphatic carbocycles. The van der Waals surface area contributed by atoms with E-state index in [0.717, 1.165) is 22.8 Å². The second-order valence-corrected chi connectivity index (χ2v) is 8.56. The molecule has 28 heavy (non-hydrogen) atoms. The van der Waals surface area contributed by atoms with Crippen LogP contribution in [-0.4, -0.2) is 17.1 Å². The van der Waals surface area contributed by atoms with Crippen molar-refractivity contribution in [3.05, 3.63) is 54.8 Å². The fourth-order valence-corrected chi connectivity index (χ4v) is 3.94. The van der Waals surface area contributed by atoms with Gasteiger partial charge in [0.2, 0.25) is 0 Å². The Morgan fingerprint density at radius 1 is 1.39 bits per heavy atom. The molecule has 2 aliphatic rings. The number of benzene rings is 1. The average molecular weight is 497 g/mol. The normalized spacial score (nSPS) is 15.4. The van der Waals surface area contributed by atoms with Gasteiger partial charge in [0.05, 0.1) is 23.5 Å². The van der Waals surface area contributed by atoms with E-state index in [2.05, 4.69) is 10.8 Å². The molecule has 0 spiro atoms. The standard InChI is InChI=1S/C20H21FIN3O3/c1-11-18(23-15-7-6-13(22)9-14(15)21)17(16-3-2-8-25(16)20(11)27)19(26)24-28-10-12-4-5-12/h6-7,9,12,23H,2-5,8,10H2,1H3,(H,24,26). The van der Waals surface area contributed by atoms with Crippen molar-refractivity contribution in [1.29, 1.82) is 0 Å². The van der Waals surface area contributed by atoms with E-state index in [4.69, 9.17) is 4.84 Å². The van der Waals surface area contributed by atoms with E-state index in [-0.39, 0.29) is 11.2 Å². The van der Waals surface area contributed by atoms with Crippen LogP contribution < -0.4 is 16.4 Å². The highest BCUT2D eigenvalue weighted by molar-refractivity contribution is 14.1. The SMILES string of the molecule is Cc1c(Nc2ccc(I)cc2F)c(C(=O)NOCC2CC2)c2n(c1=O)CCC2. The first-order chi connectivity index (χ1) is 13.5. The van der Waals surface area contributed by atoms with Crippen LogP contribution in [0.4, 0.5) is 15.8 Å². The molecule has 148 valence electrons. The number of hydrogen-bond acceptors (Lipinski definition) is 4. The molecule has 0 radical (unpaired) electrons. The van der Waals surface area contributed by atoms with Gasteiger partial charge < -0.3 is 9.88 Å². The van der Waals surface area contributed by atoms with Crippen molar-refractivity contribution in [1.82, 2.24) is 10.0 Å². The first kappa shape index (κ1) is 19.4. The van der Waals surface area contributed by atoms with Crippen LogP contribution in [0.5, 0.6) is 0 Å². The highest BCUT2D eigenvalue weighted by Gasteiger charge is 2.28. The second kappa shape index (κ2) is 7.82. The van der Waals surface area contributed by atoms with Crippen LogP contribution >= 0.6 is 22.6 Å². The van der Waals surface area contributed by atoms with Crippen LogP contribution in [0.15, 0.2) is 23.0 Å². The monoisotopic (exact) mass is 497 g/mol. The van der Waals surface area contributed by atoms with Crippen LogP contribution in [0.2, 0.25) is 0 Å². The van der Waals surface area contributed by atoms with Crippen molar-refractivity contribution in [3.63, 3.8) is 0 Å². The largest absolute Gasteiger partial charge is 0.352 e. The molecule has 1 fully saturated rings. The van der Waals surface area contributed by atoms with E-state index in [9.17, 15) is 14.0 Å². The summed E-state index contributed by atoms with van der Waals surface area (Å²) in [6.45, 7) is 2.72. The number of amides is 1. The summed E-state index contributed by atoms with van der Waals surface area (Å²) in [5, 5.41) is 2.99. The van der Waals surface area contributed by atoms with E-state index in [1.807, 2.05) is 22.6 Å². The topological polar surface area (TPSA) is 72.4 Å². The molecule has 1 saturated carbocycles. The lowest BCUT2D eigenvalue weighted by atomic mass is 10.0. The van der Waals surface area contributed by atoms with Gasteiger partial charge in [-0.3, -0.25) is 14.4 Å². The summed E-state index contributed by atoms with van der Waals surface area (Å²) >= 11 is 2.03. The first-order valence-corrected chi connectivity index (χ1v) is 10.4. The molecule has 8 heteroatoms. The van der Waals surface area contributed by atoms with Crippen LogP contribution in [0.25, 0.3) is 0 Å². The number of carbonyl (C=O) groups is 1. The van der Waals surface area contributed by atoms with E-state index < -0.39 is 11.7 Å². The molecule has 4 rings (SSSR count). The summed E-state index contributed by atoms with van der Waals surface area (Å²) in [5.74, 6) is -0.351. The summed E-state index contributed by atoms with van der Waals surface area (Å²) in [4.78, 5) is 31.1. The predicted molar refractivity (Wildman–Crippen MR) is 112 cm³/mol. The van der Waals surface area contributed by atoms with E-state index in [1.54, 1.807) is 23.6 Å². The Morgan fingerprint density at radius 2 is 2.18 bits per heavy atom. The number of nitrogens with zero attached hydrogens (tertiary/aromatic N) is 1. The van der Waals surface area contributed by atoms with Crippen LogP contribution in [0, 0.1) is 22.2 Å². The van der Waals surface area contributed by atoms with Gasteiger partial charge in [-0.1, -0.05) is 0 Å². The number of pyridine rings is 1. The number of halogens is 2. The van der Waals surface area contributed by atoms with Gasteiger partial charge in [-0.15, -0.1) is 0 Å². The summed E-state index contributed by atoms with van der Waals surface area (Å²) < 4.78 is 16.8. The molecule has 2 aromatic rings. The molecule has 1 aromatic carbocycles. The number of hydroxylamine groups is 1. The molecule has 2 heterocycles. The first-order valence-electron chi connectivity index (χ1n) is 9.36. The van der Waals surface area contributed by atoms with E-state index in [0.29, 0.717) is 48.0 Å². The third kappa shape index (κ3) is 3.80. The third-order valence-electron chi connectivity index (χ3n) is 5.20. The zero-order valence-electron chi connectivity index (χ0n) is 15.5.